The maximum Gasteiger partial charge on any atom is 0.343 e. The third-order valence-corrected chi connectivity index (χ3v) is 5.77. The van der Waals surface area contributed by atoms with E-state index >= 15 is 0 Å². The van der Waals surface area contributed by atoms with Crippen molar-refractivity contribution >= 4 is 11.5 Å². The number of nitrogens with two attached hydrogens (primary N) is 1. The highest BCUT2D eigenvalue weighted by molar-refractivity contribution is 5.90. The Labute approximate surface area is 175 Å². The van der Waals surface area contributed by atoms with Crippen molar-refractivity contribution in [2.75, 3.05) is 19.7 Å². The van der Waals surface area contributed by atoms with Crippen molar-refractivity contribution in [1.82, 2.24) is 14.3 Å². The van der Waals surface area contributed by atoms with Gasteiger partial charge < -0.3 is 10.5 Å². The molecule has 4 rings (SSSR count). The molecule has 0 spiro atoms. The molecule has 1 saturated heterocycles. The van der Waals surface area contributed by atoms with Gasteiger partial charge >= 0.3 is 5.97 Å². The van der Waals surface area contributed by atoms with Gasteiger partial charge in [-0.25, -0.2) is 4.79 Å². The molecular formula is C23H26N4O3. The Morgan fingerprint density at radius 1 is 1.20 bits per heavy atom. The number of nitrogens with zero attached hydrogens (tertiary/aromatic N) is 3. The molecule has 156 valence electrons. The second-order valence-corrected chi connectivity index (χ2v) is 7.71. The van der Waals surface area contributed by atoms with Crippen LogP contribution in [0.5, 0.6) is 0 Å². The number of rotatable bonds is 5. The summed E-state index contributed by atoms with van der Waals surface area (Å²) in [4.78, 5) is 31.8. The Kier molecular flexibility index (Phi) is 5.65. The van der Waals surface area contributed by atoms with Crippen LogP contribution in [0.4, 0.5) is 0 Å². The van der Waals surface area contributed by atoms with Gasteiger partial charge in [-0.05, 0) is 55.7 Å². The fourth-order valence-corrected chi connectivity index (χ4v) is 4.07. The topological polar surface area (TPSA) is 89.9 Å². The van der Waals surface area contributed by atoms with Gasteiger partial charge in [0.2, 0.25) is 0 Å². The average Bonchev–Trinajstić information content (AvgIpc) is 2.78. The first-order valence-corrected chi connectivity index (χ1v) is 10.2. The molecule has 0 unspecified atom stereocenters. The minimum absolute atomic E-state index is 0.0641. The fourth-order valence-electron chi connectivity index (χ4n) is 4.07. The van der Waals surface area contributed by atoms with Crippen molar-refractivity contribution in [3.8, 4) is 0 Å². The van der Waals surface area contributed by atoms with E-state index in [4.69, 9.17) is 10.5 Å². The molecule has 0 radical (unpaired) electrons. The number of aromatic nitrogens is 2. The number of carbonyl (C=O) groups excluding carboxylic acids is 1. The molecule has 0 atom stereocenters. The summed E-state index contributed by atoms with van der Waals surface area (Å²) in [5.41, 5.74) is 8.56. The van der Waals surface area contributed by atoms with Crippen molar-refractivity contribution in [2.45, 2.75) is 31.8 Å². The zero-order valence-corrected chi connectivity index (χ0v) is 17.1. The summed E-state index contributed by atoms with van der Waals surface area (Å²) in [5.74, 6) is -0.586. The molecule has 0 saturated carbocycles. The lowest BCUT2D eigenvalue weighted by molar-refractivity contribution is 0.0524. The van der Waals surface area contributed by atoms with Crippen LogP contribution in [0, 0.1) is 0 Å². The molecule has 3 aromatic heterocycles. The van der Waals surface area contributed by atoms with Gasteiger partial charge in [0.05, 0.1) is 23.4 Å². The summed E-state index contributed by atoms with van der Waals surface area (Å²) in [5, 5.41) is 0. The molecule has 1 aliphatic heterocycles. The zero-order chi connectivity index (χ0) is 21.1. The van der Waals surface area contributed by atoms with E-state index in [9.17, 15) is 9.59 Å². The summed E-state index contributed by atoms with van der Waals surface area (Å²) in [6.45, 7) is 4.19. The number of esters is 1. The van der Waals surface area contributed by atoms with Crippen molar-refractivity contribution in [1.29, 1.82) is 0 Å². The first kappa shape index (κ1) is 20.3. The number of carbonyl (C=O) groups is 1. The van der Waals surface area contributed by atoms with Crippen LogP contribution in [0.3, 0.4) is 0 Å². The number of piperidine rings is 1. The quantitative estimate of drug-likeness (QED) is 0.654. The van der Waals surface area contributed by atoms with Crippen molar-refractivity contribution in [3.63, 3.8) is 0 Å². The highest BCUT2D eigenvalue weighted by Crippen LogP contribution is 2.29. The SMILES string of the molecule is CCOC(=O)c1cc(CN2CCC(N)(c3ccccn3)CC2)c2ccccn2c1=O. The molecule has 4 heterocycles. The van der Waals surface area contributed by atoms with Gasteiger partial charge in [0.1, 0.15) is 5.56 Å². The lowest BCUT2D eigenvalue weighted by Gasteiger charge is -2.39. The van der Waals surface area contributed by atoms with Crippen LogP contribution in [-0.4, -0.2) is 40.0 Å². The van der Waals surface area contributed by atoms with Gasteiger partial charge in [-0.15, -0.1) is 0 Å². The second-order valence-electron chi connectivity index (χ2n) is 7.71. The summed E-state index contributed by atoms with van der Waals surface area (Å²) in [6.07, 6.45) is 5.05. The number of ether oxygens (including phenoxy) is 1. The van der Waals surface area contributed by atoms with E-state index in [0.29, 0.717) is 6.54 Å². The highest BCUT2D eigenvalue weighted by Gasteiger charge is 2.33. The van der Waals surface area contributed by atoms with E-state index < -0.39 is 11.5 Å². The lowest BCUT2D eigenvalue weighted by atomic mass is 9.85. The van der Waals surface area contributed by atoms with E-state index in [0.717, 1.165) is 42.7 Å². The number of likely N-dealkylation sites (tertiary alicyclic amines) is 1. The minimum atomic E-state index is -0.586. The molecule has 1 aliphatic rings. The van der Waals surface area contributed by atoms with Gasteiger partial charge in [-0.3, -0.25) is 19.1 Å². The number of hydrogen-bond acceptors (Lipinski definition) is 6. The second kappa shape index (κ2) is 8.38. The van der Waals surface area contributed by atoms with Gasteiger partial charge in [0.15, 0.2) is 0 Å². The Hall–Kier alpha value is -3.03. The van der Waals surface area contributed by atoms with Gasteiger partial charge in [-0.2, -0.15) is 0 Å². The predicted molar refractivity (Wildman–Crippen MR) is 114 cm³/mol. The molecule has 0 amide bonds. The third-order valence-electron chi connectivity index (χ3n) is 5.77. The first-order chi connectivity index (χ1) is 14.5. The van der Waals surface area contributed by atoms with Crippen LogP contribution < -0.4 is 11.3 Å². The molecule has 0 aliphatic carbocycles. The van der Waals surface area contributed by atoms with Crippen LogP contribution in [0.2, 0.25) is 0 Å². The molecule has 3 aromatic rings. The molecule has 7 nitrogen and oxygen atoms in total. The maximum absolute atomic E-state index is 12.8. The third kappa shape index (κ3) is 3.86. The van der Waals surface area contributed by atoms with Gasteiger partial charge in [-0.1, -0.05) is 12.1 Å². The minimum Gasteiger partial charge on any atom is -0.462 e. The van der Waals surface area contributed by atoms with Gasteiger partial charge in [0, 0.05) is 32.0 Å². The Morgan fingerprint density at radius 2 is 1.97 bits per heavy atom. The average molecular weight is 406 g/mol. The van der Waals surface area contributed by atoms with E-state index in [-0.39, 0.29) is 17.7 Å². The smallest absolute Gasteiger partial charge is 0.343 e. The zero-order valence-electron chi connectivity index (χ0n) is 17.1. The van der Waals surface area contributed by atoms with Crippen LogP contribution in [0.25, 0.3) is 5.52 Å². The van der Waals surface area contributed by atoms with E-state index in [1.54, 1.807) is 31.5 Å². The molecule has 2 N–H and O–H groups in total. The van der Waals surface area contributed by atoms with Crippen molar-refractivity contribution in [3.05, 3.63) is 82.0 Å². The standard InChI is InChI=1S/C23H26N4O3/c1-2-30-22(29)18-15-17(19-7-4-6-12-27(19)21(18)28)16-26-13-9-23(24,10-14-26)20-8-3-5-11-25-20/h3-8,11-12,15H,2,9-10,13-14,16,24H2,1H3. The maximum atomic E-state index is 12.8. The Balaban J connectivity index is 1.59. The molecule has 1 fully saturated rings. The Morgan fingerprint density at radius 3 is 2.67 bits per heavy atom. The van der Waals surface area contributed by atoms with Crippen LogP contribution >= 0.6 is 0 Å². The highest BCUT2D eigenvalue weighted by atomic mass is 16.5. The van der Waals surface area contributed by atoms with Crippen molar-refractivity contribution in [2.24, 2.45) is 5.73 Å². The largest absolute Gasteiger partial charge is 0.462 e. The number of fused-ring (bicyclic) bond motifs is 1. The molecule has 0 bridgehead atoms. The summed E-state index contributed by atoms with van der Waals surface area (Å²) < 4.78 is 6.61. The molecule has 30 heavy (non-hydrogen) atoms. The Bertz CT molecular complexity index is 1100. The molecular weight excluding hydrogens is 380 g/mol. The normalized spacial score (nSPS) is 16.5. The summed E-state index contributed by atoms with van der Waals surface area (Å²) in [6, 6.07) is 13.1. The predicted octanol–water partition coefficient (Wildman–Crippen LogP) is 2.32. The van der Waals surface area contributed by atoms with E-state index in [2.05, 4.69) is 9.88 Å². The van der Waals surface area contributed by atoms with E-state index in [1.165, 1.54) is 4.40 Å². The fraction of sp³-hybridized carbons (Fsp3) is 0.348. The van der Waals surface area contributed by atoms with Crippen LogP contribution in [-0.2, 0) is 16.8 Å². The monoisotopic (exact) mass is 406 g/mol. The van der Waals surface area contributed by atoms with Crippen LogP contribution in [0.15, 0.2) is 59.7 Å². The summed E-state index contributed by atoms with van der Waals surface area (Å²) in [7, 11) is 0. The summed E-state index contributed by atoms with van der Waals surface area (Å²) >= 11 is 0. The first-order valence-electron chi connectivity index (χ1n) is 10.2. The van der Waals surface area contributed by atoms with Gasteiger partial charge in [0.25, 0.3) is 5.56 Å². The van der Waals surface area contributed by atoms with Crippen molar-refractivity contribution < 1.29 is 9.53 Å². The number of hydrogen-bond donors (Lipinski definition) is 1. The lowest BCUT2D eigenvalue weighted by Crippen LogP contribution is -2.48. The molecule has 0 aromatic carbocycles. The number of pyridine rings is 3. The van der Waals surface area contributed by atoms with E-state index in [1.807, 2.05) is 30.3 Å². The molecule has 7 heteroatoms. The van der Waals surface area contributed by atoms with Crippen LogP contribution in [0.1, 0.15) is 41.4 Å².